The minimum absolute atomic E-state index is 0.0144. The van der Waals surface area contributed by atoms with Crippen molar-refractivity contribution in [3.8, 4) is 5.75 Å². The first kappa shape index (κ1) is 22.8. The van der Waals surface area contributed by atoms with Crippen molar-refractivity contribution in [2.24, 2.45) is 5.92 Å². The average Bonchev–Trinajstić information content (AvgIpc) is 2.79. The van der Waals surface area contributed by atoms with Gasteiger partial charge >= 0.3 is 6.16 Å². The highest BCUT2D eigenvalue weighted by molar-refractivity contribution is 5.94. The Labute approximate surface area is 183 Å². The first-order chi connectivity index (χ1) is 15.0. The van der Waals surface area contributed by atoms with Crippen LogP contribution < -0.4 is 10.1 Å². The summed E-state index contributed by atoms with van der Waals surface area (Å²) < 4.78 is 9.75. The number of allylic oxidation sites excluding steroid dienone is 1. The van der Waals surface area contributed by atoms with E-state index < -0.39 is 6.16 Å². The molecule has 0 unspecified atom stereocenters. The van der Waals surface area contributed by atoms with E-state index in [1.165, 1.54) is 24.8 Å². The summed E-state index contributed by atoms with van der Waals surface area (Å²) in [5.74, 6) is 0.707. The number of benzene rings is 1. The molecule has 1 N–H and O–H groups in total. The lowest BCUT2D eigenvalue weighted by atomic mass is 9.94. The molecule has 168 valence electrons. The van der Waals surface area contributed by atoms with Crippen molar-refractivity contribution in [2.45, 2.75) is 51.9 Å². The number of piperidine rings is 1. The molecule has 1 heterocycles. The van der Waals surface area contributed by atoms with E-state index in [0.29, 0.717) is 36.9 Å². The molecular formula is C24H32N2O5. The number of nitrogens with zero attached hydrogens (tertiary/aromatic N) is 1. The Morgan fingerprint density at radius 3 is 2.39 bits per heavy atom. The van der Waals surface area contributed by atoms with Crippen molar-refractivity contribution in [1.82, 2.24) is 10.2 Å². The van der Waals surface area contributed by atoms with Gasteiger partial charge in [-0.15, -0.1) is 0 Å². The molecule has 1 saturated carbocycles. The number of hydrogen-bond acceptors (Lipinski definition) is 5. The van der Waals surface area contributed by atoms with Gasteiger partial charge in [0, 0.05) is 31.3 Å². The molecule has 3 rings (SSSR count). The quantitative estimate of drug-likeness (QED) is 0.419. The normalized spacial score (nSPS) is 17.1. The van der Waals surface area contributed by atoms with Gasteiger partial charge in [0.15, 0.2) is 0 Å². The topological polar surface area (TPSA) is 84.9 Å². The van der Waals surface area contributed by atoms with Crippen molar-refractivity contribution in [1.29, 1.82) is 0 Å². The highest BCUT2D eigenvalue weighted by atomic mass is 16.7. The van der Waals surface area contributed by atoms with E-state index in [1.54, 1.807) is 37.3 Å². The van der Waals surface area contributed by atoms with E-state index in [4.69, 9.17) is 9.47 Å². The maximum atomic E-state index is 12.7. The van der Waals surface area contributed by atoms with E-state index in [0.717, 1.165) is 25.7 Å². The maximum absolute atomic E-state index is 12.7. The van der Waals surface area contributed by atoms with Crippen molar-refractivity contribution in [3.05, 3.63) is 41.5 Å². The lowest BCUT2D eigenvalue weighted by Crippen LogP contribution is -2.41. The third-order valence-electron chi connectivity index (χ3n) is 5.86. The van der Waals surface area contributed by atoms with E-state index >= 15 is 0 Å². The number of carbonyl (C=O) groups excluding carboxylic acids is 3. The van der Waals surface area contributed by atoms with Crippen LogP contribution in [-0.2, 0) is 9.53 Å². The van der Waals surface area contributed by atoms with E-state index in [-0.39, 0.29) is 18.4 Å². The molecule has 1 aromatic carbocycles. The second-order valence-electron chi connectivity index (χ2n) is 8.15. The smallest absolute Gasteiger partial charge is 0.434 e. The molecule has 2 amide bonds. The van der Waals surface area contributed by atoms with E-state index in [1.807, 2.05) is 4.90 Å². The van der Waals surface area contributed by atoms with E-state index in [2.05, 4.69) is 5.32 Å². The number of nitrogens with one attached hydrogen (secondary N) is 1. The molecule has 1 saturated heterocycles. The Balaban J connectivity index is 1.41. The van der Waals surface area contributed by atoms with Gasteiger partial charge in [0.25, 0.3) is 5.91 Å². The number of rotatable bonds is 6. The summed E-state index contributed by atoms with van der Waals surface area (Å²) in [5, 5.41) is 3.04. The van der Waals surface area contributed by atoms with Gasteiger partial charge in [-0.05, 0) is 75.6 Å². The minimum Gasteiger partial charge on any atom is -0.434 e. The summed E-state index contributed by atoms with van der Waals surface area (Å²) in [6, 6.07) is 6.49. The summed E-state index contributed by atoms with van der Waals surface area (Å²) in [7, 11) is 0. The van der Waals surface area contributed by atoms with Gasteiger partial charge in [0.1, 0.15) is 5.75 Å². The summed E-state index contributed by atoms with van der Waals surface area (Å²) in [4.78, 5) is 38.1. The molecule has 31 heavy (non-hydrogen) atoms. The number of hydrogen-bond donors (Lipinski definition) is 1. The first-order valence-electron chi connectivity index (χ1n) is 11.3. The number of amides is 2. The second-order valence-corrected chi connectivity index (χ2v) is 8.15. The molecule has 2 aliphatic rings. The molecule has 0 spiro atoms. The summed E-state index contributed by atoms with van der Waals surface area (Å²) >= 11 is 0. The summed E-state index contributed by atoms with van der Waals surface area (Å²) in [6.07, 6.45) is 8.49. The second kappa shape index (κ2) is 11.5. The fourth-order valence-corrected chi connectivity index (χ4v) is 4.06. The molecule has 0 radical (unpaired) electrons. The Bertz CT molecular complexity index is 787. The van der Waals surface area contributed by atoms with Crippen molar-refractivity contribution < 1.29 is 23.9 Å². The van der Waals surface area contributed by atoms with E-state index in [9.17, 15) is 14.4 Å². The molecule has 7 heteroatoms. The van der Waals surface area contributed by atoms with Gasteiger partial charge in [-0.1, -0.05) is 12.0 Å². The summed E-state index contributed by atoms with van der Waals surface area (Å²) in [6.45, 7) is 3.94. The van der Waals surface area contributed by atoms with Gasteiger partial charge in [-0.3, -0.25) is 9.59 Å². The fraction of sp³-hybridized carbons (Fsp3) is 0.542. The van der Waals surface area contributed by atoms with Crippen LogP contribution in [0.3, 0.4) is 0 Å². The lowest BCUT2D eigenvalue weighted by Gasteiger charge is -2.32. The van der Waals surface area contributed by atoms with Crippen LogP contribution in [0.5, 0.6) is 5.75 Å². The third-order valence-corrected chi connectivity index (χ3v) is 5.86. The van der Waals surface area contributed by atoms with Gasteiger partial charge in [-0.2, -0.15) is 0 Å². The predicted octanol–water partition coefficient (Wildman–Crippen LogP) is 4.08. The van der Waals surface area contributed by atoms with Crippen LogP contribution in [0.25, 0.3) is 0 Å². The van der Waals surface area contributed by atoms with Crippen LogP contribution in [0, 0.1) is 5.92 Å². The van der Waals surface area contributed by atoms with Crippen molar-refractivity contribution in [3.63, 3.8) is 0 Å². The van der Waals surface area contributed by atoms with Gasteiger partial charge < -0.3 is 19.7 Å². The molecule has 1 aliphatic heterocycles. The van der Waals surface area contributed by atoms with Crippen LogP contribution in [0.4, 0.5) is 4.79 Å². The SMILES string of the molecule is CCOC(=O)Oc1ccc(C(=O)N2CCC(CNC(=O)C=C3CCCCC3)CC2)cc1. The first-order valence-corrected chi connectivity index (χ1v) is 11.3. The molecule has 1 aliphatic carbocycles. The third kappa shape index (κ3) is 7.12. The molecule has 7 nitrogen and oxygen atoms in total. The highest BCUT2D eigenvalue weighted by Gasteiger charge is 2.24. The van der Waals surface area contributed by atoms with Crippen LogP contribution in [-0.4, -0.2) is 49.1 Å². The lowest BCUT2D eigenvalue weighted by molar-refractivity contribution is -0.116. The monoisotopic (exact) mass is 428 g/mol. The zero-order valence-corrected chi connectivity index (χ0v) is 18.2. The molecule has 0 bridgehead atoms. The van der Waals surface area contributed by atoms with Crippen LogP contribution in [0.2, 0.25) is 0 Å². The van der Waals surface area contributed by atoms with Gasteiger partial charge in [0.05, 0.1) is 6.61 Å². The maximum Gasteiger partial charge on any atom is 0.513 e. The van der Waals surface area contributed by atoms with Crippen LogP contribution in [0.15, 0.2) is 35.9 Å². The van der Waals surface area contributed by atoms with Crippen LogP contribution >= 0.6 is 0 Å². The molecule has 0 aromatic heterocycles. The predicted molar refractivity (Wildman–Crippen MR) is 117 cm³/mol. The zero-order valence-electron chi connectivity index (χ0n) is 18.2. The average molecular weight is 429 g/mol. The molecule has 2 fully saturated rings. The standard InChI is InChI=1S/C24H32N2O5/c1-2-30-24(29)31-21-10-8-20(9-11-21)23(28)26-14-12-19(13-15-26)17-25-22(27)16-18-6-4-3-5-7-18/h8-11,16,19H,2-7,12-15,17H2,1H3,(H,25,27). The Hall–Kier alpha value is -2.83. The highest BCUT2D eigenvalue weighted by Crippen LogP contribution is 2.23. The number of carbonyl (C=O) groups is 3. The van der Waals surface area contributed by atoms with Crippen molar-refractivity contribution in [2.75, 3.05) is 26.2 Å². The number of ether oxygens (including phenoxy) is 2. The van der Waals surface area contributed by atoms with Gasteiger partial charge in [0.2, 0.25) is 5.91 Å². The Morgan fingerprint density at radius 2 is 1.74 bits per heavy atom. The minimum atomic E-state index is -0.759. The summed E-state index contributed by atoms with van der Waals surface area (Å²) in [5.41, 5.74) is 1.82. The zero-order chi connectivity index (χ0) is 22.1. The molecular weight excluding hydrogens is 396 g/mol. The number of likely N-dealkylation sites (tertiary alicyclic amines) is 1. The Kier molecular flexibility index (Phi) is 8.50. The molecule has 1 aromatic rings. The van der Waals surface area contributed by atoms with Crippen LogP contribution in [0.1, 0.15) is 62.2 Å². The molecule has 0 atom stereocenters. The fourth-order valence-electron chi connectivity index (χ4n) is 4.06. The Morgan fingerprint density at radius 1 is 1.06 bits per heavy atom. The van der Waals surface area contributed by atoms with Gasteiger partial charge in [-0.25, -0.2) is 4.79 Å². The van der Waals surface area contributed by atoms with Crippen molar-refractivity contribution >= 4 is 18.0 Å². The largest absolute Gasteiger partial charge is 0.513 e.